The minimum atomic E-state index is -0.283. The number of anilines is 1. The number of fused-ring (bicyclic) bond motifs is 1. The number of piperidine rings is 1. The predicted octanol–water partition coefficient (Wildman–Crippen LogP) is 4.74. The minimum absolute atomic E-state index is 0.283. The van der Waals surface area contributed by atoms with Crippen LogP contribution in [0.25, 0.3) is 10.9 Å². The Morgan fingerprint density at radius 1 is 1.08 bits per heavy atom. The van der Waals surface area contributed by atoms with Gasteiger partial charge in [0.05, 0.1) is 16.8 Å². The summed E-state index contributed by atoms with van der Waals surface area (Å²) < 4.78 is 13.8. The number of nitrogens with zero attached hydrogens (tertiary/aromatic N) is 2. The number of carbonyl (C=O) groups is 1. The highest BCUT2D eigenvalue weighted by Crippen LogP contribution is 2.46. The summed E-state index contributed by atoms with van der Waals surface area (Å²) in [7, 11) is 0. The zero-order valence-electron chi connectivity index (χ0n) is 13.9. The second-order valence-corrected chi connectivity index (χ2v) is 7.39. The molecule has 3 nitrogen and oxygen atoms in total. The van der Waals surface area contributed by atoms with Gasteiger partial charge in [0.25, 0.3) is 0 Å². The van der Waals surface area contributed by atoms with E-state index in [2.05, 4.69) is 9.88 Å². The molecule has 0 radical (unpaired) electrons. The number of hydrogen-bond acceptors (Lipinski definition) is 3. The first-order chi connectivity index (χ1) is 11.7. The van der Waals surface area contributed by atoms with Crippen LogP contribution in [0.4, 0.5) is 10.1 Å². The Balaban J connectivity index is 1.69. The van der Waals surface area contributed by atoms with Crippen LogP contribution in [-0.2, 0) is 0 Å². The van der Waals surface area contributed by atoms with E-state index in [1.54, 1.807) is 12.3 Å². The molecule has 2 fully saturated rings. The van der Waals surface area contributed by atoms with Gasteiger partial charge in [-0.05, 0) is 49.3 Å². The largest absolute Gasteiger partial charge is 0.370 e. The lowest BCUT2D eigenvalue weighted by Gasteiger charge is -2.45. The van der Waals surface area contributed by atoms with Crippen molar-refractivity contribution in [2.45, 2.75) is 44.9 Å². The first-order valence-corrected chi connectivity index (χ1v) is 8.99. The summed E-state index contributed by atoms with van der Waals surface area (Å²) in [6.07, 6.45) is 11.6. The molecule has 4 heteroatoms. The topological polar surface area (TPSA) is 33.2 Å². The fourth-order valence-corrected chi connectivity index (χ4v) is 4.61. The van der Waals surface area contributed by atoms with Gasteiger partial charge in [-0.1, -0.05) is 19.3 Å². The number of benzene rings is 1. The van der Waals surface area contributed by atoms with Crippen molar-refractivity contribution in [1.29, 1.82) is 0 Å². The van der Waals surface area contributed by atoms with Crippen LogP contribution in [0.2, 0.25) is 0 Å². The molecule has 1 spiro atoms. The monoisotopic (exact) mass is 326 g/mol. The van der Waals surface area contributed by atoms with Gasteiger partial charge in [-0.3, -0.25) is 9.78 Å². The van der Waals surface area contributed by atoms with Crippen molar-refractivity contribution in [3.8, 4) is 0 Å². The molecule has 24 heavy (non-hydrogen) atoms. The Hall–Kier alpha value is -1.97. The van der Waals surface area contributed by atoms with Crippen LogP contribution >= 0.6 is 0 Å². The Morgan fingerprint density at radius 3 is 2.54 bits per heavy atom. The van der Waals surface area contributed by atoms with E-state index in [4.69, 9.17) is 0 Å². The Bertz CT molecular complexity index is 758. The SMILES string of the molecule is O=Cc1cnc2ccc(F)cc2c1N1CCC2(CCCCC2)CC1. The molecule has 0 N–H and O–H groups in total. The highest BCUT2D eigenvalue weighted by Gasteiger charge is 2.36. The van der Waals surface area contributed by atoms with Crippen molar-refractivity contribution in [3.05, 3.63) is 35.8 Å². The fourth-order valence-electron chi connectivity index (χ4n) is 4.61. The third-order valence-electron chi connectivity index (χ3n) is 6.01. The van der Waals surface area contributed by atoms with Crippen LogP contribution in [0.1, 0.15) is 55.3 Å². The summed E-state index contributed by atoms with van der Waals surface area (Å²) in [5, 5.41) is 0.749. The van der Waals surface area contributed by atoms with Crippen molar-refractivity contribution < 1.29 is 9.18 Å². The molecule has 1 saturated heterocycles. The highest BCUT2D eigenvalue weighted by molar-refractivity contribution is 6.00. The fraction of sp³-hybridized carbons (Fsp3) is 0.500. The van der Waals surface area contributed by atoms with E-state index in [0.717, 1.165) is 36.0 Å². The third kappa shape index (κ3) is 2.68. The lowest BCUT2D eigenvalue weighted by atomic mass is 9.68. The van der Waals surface area contributed by atoms with Gasteiger partial charge < -0.3 is 4.90 Å². The molecule has 0 unspecified atom stereocenters. The summed E-state index contributed by atoms with van der Waals surface area (Å²) in [6.45, 7) is 1.88. The summed E-state index contributed by atoms with van der Waals surface area (Å²) in [4.78, 5) is 18.1. The highest BCUT2D eigenvalue weighted by atomic mass is 19.1. The molecule has 4 rings (SSSR count). The van der Waals surface area contributed by atoms with Crippen LogP contribution in [0.3, 0.4) is 0 Å². The molecule has 1 aliphatic carbocycles. The molecule has 126 valence electrons. The van der Waals surface area contributed by atoms with Gasteiger partial charge in [0.1, 0.15) is 5.82 Å². The maximum atomic E-state index is 13.8. The lowest BCUT2D eigenvalue weighted by molar-refractivity contribution is 0.112. The molecule has 1 aromatic heterocycles. The third-order valence-corrected chi connectivity index (χ3v) is 6.01. The number of halogens is 1. The minimum Gasteiger partial charge on any atom is -0.370 e. The number of carbonyl (C=O) groups excluding carboxylic acids is 1. The van der Waals surface area contributed by atoms with E-state index in [1.165, 1.54) is 57.1 Å². The first kappa shape index (κ1) is 15.6. The van der Waals surface area contributed by atoms with E-state index in [0.29, 0.717) is 11.0 Å². The van der Waals surface area contributed by atoms with Crippen LogP contribution in [0.15, 0.2) is 24.4 Å². The van der Waals surface area contributed by atoms with Crippen molar-refractivity contribution in [2.24, 2.45) is 5.41 Å². The maximum Gasteiger partial charge on any atom is 0.153 e. The van der Waals surface area contributed by atoms with Crippen molar-refractivity contribution in [1.82, 2.24) is 4.98 Å². The Labute approximate surface area is 141 Å². The Morgan fingerprint density at radius 2 is 1.83 bits per heavy atom. The van der Waals surface area contributed by atoms with Crippen molar-refractivity contribution in [3.63, 3.8) is 0 Å². The molecule has 1 aromatic carbocycles. The molecule has 0 amide bonds. The summed E-state index contributed by atoms with van der Waals surface area (Å²) in [5.41, 5.74) is 2.67. The molecule has 0 atom stereocenters. The Kier molecular flexibility index (Phi) is 3.99. The number of aromatic nitrogens is 1. The van der Waals surface area contributed by atoms with Gasteiger partial charge in [-0.25, -0.2) is 4.39 Å². The second kappa shape index (κ2) is 6.15. The van der Waals surface area contributed by atoms with Crippen LogP contribution < -0.4 is 4.90 Å². The van der Waals surface area contributed by atoms with Gasteiger partial charge in [0.2, 0.25) is 0 Å². The molecule has 2 aromatic rings. The van der Waals surface area contributed by atoms with Crippen LogP contribution in [-0.4, -0.2) is 24.4 Å². The maximum absolute atomic E-state index is 13.8. The van der Waals surface area contributed by atoms with E-state index in [-0.39, 0.29) is 5.82 Å². The van der Waals surface area contributed by atoms with Crippen molar-refractivity contribution >= 4 is 22.9 Å². The summed E-state index contributed by atoms with van der Waals surface area (Å²) in [6, 6.07) is 4.62. The van der Waals surface area contributed by atoms with Gasteiger partial charge in [0, 0.05) is 24.7 Å². The normalized spacial score (nSPS) is 20.5. The number of hydrogen-bond donors (Lipinski definition) is 0. The molecular weight excluding hydrogens is 303 g/mol. The lowest BCUT2D eigenvalue weighted by Crippen LogP contribution is -2.41. The number of rotatable bonds is 2. The van der Waals surface area contributed by atoms with E-state index < -0.39 is 0 Å². The smallest absolute Gasteiger partial charge is 0.153 e. The van der Waals surface area contributed by atoms with Crippen LogP contribution in [0.5, 0.6) is 0 Å². The second-order valence-electron chi connectivity index (χ2n) is 7.39. The van der Waals surface area contributed by atoms with Gasteiger partial charge in [-0.2, -0.15) is 0 Å². The zero-order valence-corrected chi connectivity index (χ0v) is 13.9. The molecule has 2 heterocycles. The van der Waals surface area contributed by atoms with Crippen LogP contribution in [0, 0.1) is 11.2 Å². The zero-order chi connectivity index (χ0) is 16.6. The van der Waals surface area contributed by atoms with E-state index in [1.807, 2.05) is 0 Å². The average Bonchev–Trinajstić information content (AvgIpc) is 2.62. The standard InChI is InChI=1S/C20H23FN2O/c21-16-4-5-18-17(12-16)19(15(14-24)13-22-18)23-10-8-20(9-11-23)6-2-1-3-7-20/h4-5,12-14H,1-3,6-11H2. The number of pyridine rings is 1. The number of aldehydes is 1. The van der Waals surface area contributed by atoms with Crippen molar-refractivity contribution in [2.75, 3.05) is 18.0 Å². The first-order valence-electron chi connectivity index (χ1n) is 8.99. The van der Waals surface area contributed by atoms with Gasteiger partial charge in [0.15, 0.2) is 6.29 Å². The molecule has 1 saturated carbocycles. The van der Waals surface area contributed by atoms with Gasteiger partial charge in [-0.15, -0.1) is 0 Å². The summed E-state index contributed by atoms with van der Waals surface area (Å²) >= 11 is 0. The average molecular weight is 326 g/mol. The molecule has 0 bridgehead atoms. The van der Waals surface area contributed by atoms with E-state index in [9.17, 15) is 9.18 Å². The molecule has 1 aliphatic heterocycles. The predicted molar refractivity (Wildman–Crippen MR) is 94.1 cm³/mol. The van der Waals surface area contributed by atoms with E-state index >= 15 is 0 Å². The quantitative estimate of drug-likeness (QED) is 0.748. The van der Waals surface area contributed by atoms with Gasteiger partial charge >= 0.3 is 0 Å². The molecular formula is C20H23FN2O. The summed E-state index contributed by atoms with van der Waals surface area (Å²) in [5.74, 6) is -0.283. The molecule has 2 aliphatic rings.